The van der Waals surface area contributed by atoms with Crippen LogP contribution in [-0.2, 0) is 0 Å². The zero-order valence-electron chi connectivity index (χ0n) is 11.7. The lowest BCUT2D eigenvalue weighted by Crippen LogP contribution is -2.51. The van der Waals surface area contributed by atoms with Gasteiger partial charge < -0.3 is 15.6 Å². The number of aromatic amines is 1. The Morgan fingerprint density at radius 1 is 1.50 bits per heavy atom. The topological polar surface area (TPSA) is 75.0 Å². The molecular formula is C15H20N4O. The zero-order chi connectivity index (χ0) is 14.1. The Balaban J connectivity index is 1.93. The predicted octanol–water partition coefficient (Wildman–Crippen LogP) is 1.90. The van der Waals surface area contributed by atoms with Gasteiger partial charge in [-0.25, -0.2) is 4.98 Å². The number of carbonyl (C=O) groups is 1. The molecule has 1 fully saturated rings. The van der Waals surface area contributed by atoms with E-state index in [0.29, 0.717) is 12.1 Å². The molecule has 1 aliphatic rings. The van der Waals surface area contributed by atoms with Crippen molar-refractivity contribution >= 4 is 16.9 Å². The van der Waals surface area contributed by atoms with Crippen LogP contribution in [0.3, 0.4) is 0 Å². The Hall–Kier alpha value is -1.88. The number of hydrogen-bond acceptors (Lipinski definition) is 3. The molecule has 3 N–H and O–H groups in total. The lowest BCUT2D eigenvalue weighted by molar-refractivity contribution is 0.0494. The average molecular weight is 272 g/mol. The highest BCUT2D eigenvalue weighted by molar-refractivity contribution is 5.97. The van der Waals surface area contributed by atoms with E-state index in [2.05, 4.69) is 16.9 Å². The summed E-state index contributed by atoms with van der Waals surface area (Å²) in [5.41, 5.74) is 8.31. The Morgan fingerprint density at radius 2 is 2.35 bits per heavy atom. The zero-order valence-corrected chi connectivity index (χ0v) is 11.7. The van der Waals surface area contributed by atoms with Crippen molar-refractivity contribution in [3.05, 3.63) is 30.1 Å². The molecule has 5 nitrogen and oxygen atoms in total. The number of H-pyrrole nitrogens is 1. The second-order valence-electron chi connectivity index (χ2n) is 5.52. The molecule has 2 aromatic rings. The molecule has 0 spiro atoms. The van der Waals surface area contributed by atoms with E-state index < -0.39 is 0 Å². The van der Waals surface area contributed by atoms with Crippen LogP contribution in [0.5, 0.6) is 0 Å². The van der Waals surface area contributed by atoms with Crippen molar-refractivity contribution in [2.45, 2.75) is 38.3 Å². The van der Waals surface area contributed by atoms with Gasteiger partial charge in [-0.3, -0.25) is 4.79 Å². The number of nitrogens with two attached hydrogens (primary N) is 1. The summed E-state index contributed by atoms with van der Waals surface area (Å²) in [6.07, 6.45) is 4.84. The molecule has 3 rings (SSSR count). The molecule has 106 valence electrons. The highest BCUT2D eigenvalue weighted by Gasteiger charge is 2.31. The summed E-state index contributed by atoms with van der Waals surface area (Å²) >= 11 is 0. The van der Waals surface area contributed by atoms with E-state index in [1.54, 1.807) is 6.33 Å². The molecule has 1 aromatic heterocycles. The molecule has 20 heavy (non-hydrogen) atoms. The fourth-order valence-electron chi connectivity index (χ4n) is 3.10. The van der Waals surface area contributed by atoms with Crippen LogP contribution in [0, 0.1) is 0 Å². The van der Waals surface area contributed by atoms with Gasteiger partial charge in [0.15, 0.2) is 0 Å². The number of likely N-dealkylation sites (tertiary alicyclic amines) is 1. The number of hydrogen-bond donors (Lipinski definition) is 2. The number of nitrogens with zero attached hydrogens (tertiary/aromatic N) is 2. The Bertz CT molecular complexity index is 621. The smallest absolute Gasteiger partial charge is 0.254 e. The van der Waals surface area contributed by atoms with Crippen molar-refractivity contribution < 1.29 is 4.79 Å². The van der Waals surface area contributed by atoms with Crippen LogP contribution in [0.1, 0.15) is 36.5 Å². The molecular weight excluding hydrogens is 252 g/mol. The van der Waals surface area contributed by atoms with Crippen molar-refractivity contribution in [2.24, 2.45) is 5.73 Å². The monoisotopic (exact) mass is 272 g/mol. The molecule has 5 heteroatoms. The highest BCUT2D eigenvalue weighted by atomic mass is 16.2. The Labute approximate surface area is 118 Å². The van der Waals surface area contributed by atoms with Crippen molar-refractivity contribution in [2.75, 3.05) is 6.54 Å². The maximum atomic E-state index is 12.8. The third-order valence-corrected chi connectivity index (χ3v) is 4.20. The molecule has 0 aliphatic carbocycles. The van der Waals surface area contributed by atoms with Gasteiger partial charge in [0.05, 0.1) is 17.4 Å². The number of rotatable bonds is 2. The number of aromatic nitrogens is 2. The standard InChI is InChI=1S/C15H20N4O/c1-10-3-2-4-12(8-16)19(10)15(20)11-5-6-13-14(7-11)18-9-17-13/h5-7,9-10,12H,2-4,8,16H2,1H3,(H,17,18). The number of benzene rings is 1. The van der Waals surface area contributed by atoms with Gasteiger partial charge in [0.1, 0.15) is 0 Å². The number of amides is 1. The maximum Gasteiger partial charge on any atom is 0.254 e. The van der Waals surface area contributed by atoms with Crippen molar-refractivity contribution in [3.63, 3.8) is 0 Å². The van der Waals surface area contributed by atoms with E-state index in [-0.39, 0.29) is 18.0 Å². The van der Waals surface area contributed by atoms with Gasteiger partial charge in [0, 0.05) is 24.2 Å². The van der Waals surface area contributed by atoms with Crippen LogP contribution in [0.15, 0.2) is 24.5 Å². The number of carbonyl (C=O) groups excluding carboxylic acids is 1. The third-order valence-electron chi connectivity index (χ3n) is 4.20. The number of fused-ring (bicyclic) bond motifs is 1. The number of piperidine rings is 1. The average Bonchev–Trinajstić information content (AvgIpc) is 2.93. The number of imidazole rings is 1. The largest absolute Gasteiger partial charge is 0.345 e. The lowest BCUT2D eigenvalue weighted by Gasteiger charge is -2.40. The SMILES string of the molecule is CC1CCCC(CN)N1C(=O)c1ccc2nc[nH]c2c1. The number of nitrogens with one attached hydrogen (secondary N) is 1. The van der Waals surface area contributed by atoms with Crippen LogP contribution in [0.2, 0.25) is 0 Å². The molecule has 0 bridgehead atoms. The first-order chi connectivity index (χ1) is 9.70. The van der Waals surface area contributed by atoms with Crippen LogP contribution in [-0.4, -0.2) is 39.4 Å². The maximum absolute atomic E-state index is 12.8. The molecule has 0 radical (unpaired) electrons. The summed E-state index contributed by atoms with van der Waals surface area (Å²) in [5.74, 6) is 0.0733. The molecule has 1 amide bonds. The summed E-state index contributed by atoms with van der Waals surface area (Å²) < 4.78 is 0. The summed E-state index contributed by atoms with van der Waals surface area (Å²) in [6, 6.07) is 6.01. The van der Waals surface area contributed by atoms with E-state index in [4.69, 9.17) is 5.73 Å². The van der Waals surface area contributed by atoms with Crippen molar-refractivity contribution in [3.8, 4) is 0 Å². The molecule has 2 unspecified atom stereocenters. The van der Waals surface area contributed by atoms with Crippen LogP contribution < -0.4 is 5.73 Å². The van der Waals surface area contributed by atoms with E-state index in [0.717, 1.165) is 30.3 Å². The summed E-state index contributed by atoms with van der Waals surface area (Å²) in [6.45, 7) is 2.64. The fourth-order valence-corrected chi connectivity index (χ4v) is 3.10. The van der Waals surface area contributed by atoms with Gasteiger partial charge >= 0.3 is 0 Å². The summed E-state index contributed by atoms with van der Waals surface area (Å²) in [7, 11) is 0. The van der Waals surface area contributed by atoms with Crippen LogP contribution >= 0.6 is 0 Å². The molecule has 0 saturated carbocycles. The summed E-state index contributed by atoms with van der Waals surface area (Å²) in [5, 5.41) is 0. The van der Waals surface area contributed by atoms with Crippen molar-refractivity contribution in [1.82, 2.24) is 14.9 Å². The van der Waals surface area contributed by atoms with Crippen LogP contribution in [0.4, 0.5) is 0 Å². The minimum atomic E-state index is 0.0733. The fraction of sp³-hybridized carbons (Fsp3) is 0.467. The Kier molecular flexibility index (Phi) is 3.44. The lowest BCUT2D eigenvalue weighted by atomic mass is 9.95. The van der Waals surface area contributed by atoms with E-state index in [1.807, 2.05) is 23.1 Å². The first-order valence-electron chi connectivity index (χ1n) is 7.16. The first kappa shape index (κ1) is 13.1. The first-order valence-corrected chi connectivity index (χ1v) is 7.16. The molecule has 2 heterocycles. The van der Waals surface area contributed by atoms with Gasteiger partial charge in [-0.05, 0) is 44.4 Å². The molecule has 1 aromatic carbocycles. The normalized spacial score (nSPS) is 23.2. The molecule has 1 aliphatic heterocycles. The second kappa shape index (κ2) is 5.25. The van der Waals surface area contributed by atoms with Gasteiger partial charge in [0.25, 0.3) is 5.91 Å². The summed E-state index contributed by atoms with van der Waals surface area (Å²) in [4.78, 5) is 22.0. The quantitative estimate of drug-likeness (QED) is 0.876. The van der Waals surface area contributed by atoms with Gasteiger partial charge in [-0.15, -0.1) is 0 Å². The van der Waals surface area contributed by atoms with Gasteiger partial charge in [0.2, 0.25) is 0 Å². The molecule has 1 saturated heterocycles. The van der Waals surface area contributed by atoms with E-state index >= 15 is 0 Å². The highest BCUT2D eigenvalue weighted by Crippen LogP contribution is 2.25. The van der Waals surface area contributed by atoms with Crippen LogP contribution in [0.25, 0.3) is 11.0 Å². The Morgan fingerprint density at radius 3 is 3.15 bits per heavy atom. The minimum absolute atomic E-state index is 0.0733. The molecule has 2 atom stereocenters. The van der Waals surface area contributed by atoms with E-state index in [9.17, 15) is 4.79 Å². The van der Waals surface area contributed by atoms with E-state index in [1.165, 1.54) is 0 Å². The minimum Gasteiger partial charge on any atom is -0.345 e. The van der Waals surface area contributed by atoms with Gasteiger partial charge in [-0.1, -0.05) is 0 Å². The second-order valence-corrected chi connectivity index (χ2v) is 5.52. The van der Waals surface area contributed by atoms with Gasteiger partial charge in [-0.2, -0.15) is 0 Å². The third kappa shape index (κ3) is 2.18. The van der Waals surface area contributed by atoms with Crippen molar-refractivity contribution in [1.29, 1.82) is 0 Å². The predicted molar refractivity (Wildman–Crippen MR) is 78.4 cm³/mol.